The van der Waals surface area contributed by atoms with Gasteiger partial charge in [-0.1, -0.05) is 50.3 Å². The van der Waals surface area contributed by atoms with Gasteiger partial charge in [-0.05, 0) is 79.4 Å². The molecule has 12 atom stereocenters. The minimum absolute atomic E-state index is 0.0280. The number of ether oxygens (including phenoxy) is 3. The molecule has 0 amide bonds. The van der Waals surface area contributed by atoms with Crippen molar-refractivity contribution in [3.05, 3.63) is 0 Å². The fourth-order valence-electron chi connectivity index (χ4n) is 9.89. The van der Waals surface area contributed by atoms with Gasteiger partial charge in [0.1, 0.15) is 18.0 Å². The SMILES string of the molecule is CC[C@H]1C(=O)[C@@H]2[C@H]([C@@H](OC(=O)C(F)(F)F)C(I)[C@]3(C)[C@@H]([C@H](C)CCC(=O)OC)CC[C@@H]23)[C@@]2(C)CC[C@@H](OC(C)=O)C[C@@H]12. The zero-order chi connectivity index (χ0) is 31.4. The molecule has 1 unspecified atom stereocenters. The quantitative estimate of drug-likeness (QED) is 0.129. The van der Waals surface area contributed by atoms with Crippen LogP contribution in [0.3, 0.4) is 0 Å². The highest BCUT2D eigenvalue weighted by atomic mass is 127. The number of halogens is 4. The van der Waals surface area contributed by atoms with Crippen molar-refractivity contribution in [2.24, 2.45) is 52.3 Å². The number of methoxy groups -OCH3 is 1. The van der Waals surface area contributed by atoms with Gasteiger partial charge in [0.2, 0.25) is 0 Å². The molecule has 0 heterocycles. The standard InChI is InChI=1S/C31H44F3IO7/c1-7-18-21-14-17(41-16(3)36)12-13-29(21,4)24-23(25(18)38)20-10-9-19(15(2)8-11-22(37)40-6)30(20,5)27(35)26(24)42-28(39)31(32,33)34/h15,17-21,23-24,26-27H,7-14H2,1-6H3/t15-,17-,18-,19-,20+,21+,23+,24-,26-,27?,29+,30-/m1/s1. The topological polar surface area (TPSA) is 96.0 Å². The van der Waals surface area contributed by atoms with Gasteiger partial charge < -0.3 is 14.2 Å². The molecule has 0 bridgehead atoms. The van der Waals surface area contributed by atoms with E-state index in [9.17, 15) is 32.3 Å². The van der Waals surface area contributed by atoms with Gasteiger partial charge in [0.05, 0.1) is 11.0 Å². The summed E-state index contributed by atoms with van der Waals surface area (Å²) in [5.74, 6) is -4.53. The number of carbonyl (C=O) groups excluding carboxylic acids is 4. The fraction of sp³-hybridized carbons (Fsp3) is 0.871. The van der Waals surface area contributed by atoms with E-state index in [1.54, 1.807) is 0 Å². The summed E-state index contributed by atoms with van der Waals surface area (Å²) in [5, 5.41) is 0. The van der Waals surface area contributed by atoms with E-state index in [1.807, 2.05) is 6.92 Å². The van der Waals surface area contributed by atoms with E-state index in [0.717, 1.165) is 12.8 Å². The van der Waals surface area contributed by atoms with Crippen molar-refractivity contribution in [2.75, 3.05) is 7.11 Å². The van der Waals surface area contributed by atoms with Crippen LogP contribution in [-0.2, 0) is 33.4 Å². The maximum atomic E-state index is 14.5. The molecule has 0 aromatic heterocycles. The minimum Gasteiger partial charge on any atom is -0.469 e. The van der Waals surface area contributed by atoms with Crippen LogP contribution in [0.4, 0.5) is 13.2 Å². The van der Waals surface area contributed by atoms with Crippen molar-refractivity contribution in [3.8, 4) is 0 Å². The van der Waals surface area contributed by atoms with Crippen LogP contribution in [0.15, 0.2) is 0 Å². The molecule has 0 spiro atoms. The van der Waals surface area contributed by atoms with Gasteiger partial charge in [0, 0.05) is 31.1 Å². The van der Waals surface area contributed by atoms with Crippen molar-refractivity contribution in [2.45, 2.75) is 108 Å². The Hall–Kier alpha value is -1.40. The lowest BCUT2D eigenvalue weighted by molar-refractivity contribution is -0.230. The normalized spacial score (nSPS) is 42.0. The van der Waals surface area contributed by atoms with Gasteiger partial charge >= 0.3 is 24.1 Å². The molecule has 0 aliphatic heterocycles. The van der Waals surface area contributed by atoms with Crippen LogP contribution in [0.1, 0.15) is 86.0 Å². The highest BCUT2D eigenvalue weighted by Gasteiger charge is 2.71. The van der Waals surface area contributed by atoms with Crippen LogP contribution < -0.4 is 0 Å². The van der Waals surface area contributed by atoms with E-state index in [0.29, 0.717) is 32.1 Å². The van der Waals surface area contributed by atoms with Gasteiger partial charge in [-0.25, -0.2) is 4.79 Å². The molecule has 4 rings (SSSR count). The Kier molecular flexibility index (Phi) is 9.71. The number of esters is 3. The fourth-order valence-corrected chi connectivity index (χ4v) is 11.4. The minimum atomic E-state index is -5.16. The van der Waals surface area contributed by atoms with Gasteiger partial charge in [-0.3, -0.25) is 14.4 Å². The lowest BCUT2D eigenvalue weighted by atomic mass is 9.41. The van der Waals surface area contributed by atoms with Gasteiger partial charge in [0.25, 0.3) is 0 Å². The van der Waals surface area contributed by atoms with Crippen molar-refractivity contribution in [1.82, 2.24) is 0 Å². The molecule has 4 aliphatic carbocycles. The third-order valence-electron chi connectivity index (χ3n) is 11.7. The van der Waals surface area contributed by atoms with E-state index >= 15 is 0 Å². The monoisotopic (exact) mass is 712 g/mol. The smallest absolute Gasteiger partial charge is 0.469 e. The summed E-state index contributed by atoms with van der Waals surface area (Å²) in [6.45, 7) is 9.49. The summed E-state index contributed by atoms with van der Waals surface area (Å²) in [6.07, 6.45) is -2.15. The molecule has 0 saturated heterocycles. The number of alkyl halides is 4. The Labute approximate surface area is 259 Å². The van der Waals surface area contributed by atoms with Crippen LogP contribution in [0.2, 0.25) is 0 Å². The molecule has 0 N–H and O–H groups in total. The molecular formula is C31H44F3IO7. The highest BCUT2D eigenvalue weighted by Crippen LogP contribution is 2.70. The first-order valence-electron chi connectivity index (χ1n) is 15.2. The first-order valence-corrected chi connectivity index (χ1v) is 16.5. The maximum Gasteiger partial charge on any atom is 0.490 e. The van der Waals surface area contributed by atoms with E-state index in [4.69, 9.17) is 14.2 Å². The largest absolute Gasteiger partial charge is 0.490 e. The Bertz CT molecular complexity index is 1080. The molecule has 4 saturated carbocycles. The number of hydrogen-bond acceptors (Lipinski definition) is 7. The zero-order valence-corrected chi connectivity index (χ0v) is 27.5. The lowest BCUT2D eigenvalue weighted by Gasteiger charge is -2.65. The number of rotatable bonds is 7. The van der Waals surface area contributed by atoms with Crippen molar-refractivity contribution < 1.29 is 46.6 Å². The molecule has 4 fully saturated rings. The molecule has 0 radical (unpaired) electrons. The summed E-state index contributed by atoms with van der Waals surface area (Å²) in [4.78, 5) is 50.7. The average molecular weight is 713 g/mol. The second-order valence-corrected chi connectivity index (χ2v) is 14.9. The Morgan fingerprint density at radius 3 is 2.33 bits per heavy atom. The van der Waals surface area contributed by atoms with Crippen molar-refractivity contribution in [3.63, 3.8) is 0 Å². The van der Waals surface area contributed by atoms with Crippen LogP contribution in [0, 0.1) is 52.3 Å². The van der Waals surface area contributed by atoms with E-state index in [-0.39, 0.29) is 53.9 Å². The zero-order valence-electron chi connectivity index (χ0n) is 25.3. The number of ketones is 1. The predicted molar refractivity (Wildman–Crippen MR) is 155 cm³/mol. The van der Waals surface area contributed by atoms with Crippen LogP contribution >= 0.6 is 22.6 Å². The van der Waals surface area contributed by atoms with Crippen LogP contribution in [0.25, 0.3) is 0 Å². The number of fused-ring (bicyclic) bond motifs is 5. The summed E-state index contributed by atoms with van der Waals surface area (Å²) < 4.78 is 56.5. The molecule has 0 aromatic rings. The Balaban J connectivity index is 1.79. The first-order chi connectivity index (χ1) is 19.5. The summed E-state index contributed by atoms with van der Waals surface area (Å²) in [6, 6.07) is 0. The van der Waals surface area contributed by atoms with E-state index in [1.165, 1.54) is 14.0 Å². The number of Topliss-reactive ketones (excluding diaryl/α,β-unsaturated/α-hetero) is 1. The van der Waals surface area contributed by atoms with Gasteiger partial charge in [0.15, 0.2) is 0 Å². The molecule has 238 valence electrons. The van der Waals surface area contributed by atoms with Crippen molar-refractivity contribution in [1.29, 1.82) is 0 Å². The number of hydrogen-bond donors (Lipinski definition) is 0. The van der Waals surface area contributed by atoms with Gasteiger partial charge in [-0.15, -0.1) is 0 Å². The second-order valence-electron chi connectivity index (χ2n) is 13.6. The molecule has 11 heteroatoms. The molecule has 42 heavy (non-hydrogen) atoms. The van der Waals surface area contributed by atoms with Gasteiger partial charge in [-0.2, -0.15) is 13.2 Å². The van der Waals surface area contributed by atoms with E-state index in [2.05, 4.69) is 43.4 Å². The van der Waals surface area contributed by atoms with E-state index < -0.39 is 50.8 Å². The summed E-state index contributed by atoms with van der Waals surface area (Å²) in [7, 11) is 1.34. The Morgan fingerprint density at radius 1 is 1.10 bits per heavy atom. The van der Waals surface area contributed by atoms with Crippen molar-refractivity contribution >= 4 is 46.3 Å². The maximum absolute atomic E-state index is 14.5. The molecule has 7 nitrogen and oxygen atoms in total. The second kappa shape index (κ2) is 12.2. The molecule has 0 aromatic carbocycles. The Morgan fingerprint density at radius 2 is 1.76 bits per heavy atom. The third-order valence-corrected chi connectivity index (χ3v) is 13.8. The van der Waals surface area contributed by atoms with Crippen LogP contribution in [-0.4, -0.2) is 53.1 Å². The summed E-state index contributed by atoms with van der Waals surface area (Å²) >= 11 is 2.20. The van der Waals surface area contributed by atoms with Crippen LogP contribution in [0.5, 0.6) is 0 Å². The first kappa shape index (κ1) is 33.5. The molecular weight excluding hydrogens is 668 g/mol. The predicted octanol–water partition coefficient (Wildman–Crippen LogP) is 6.48. The molecule has 4 aliphatic rings. The lowest BCUT2D eigenvalue weighted by Crippen LogP contribution is -2.69. The highest BCUT2D eigenvalue weighted by molar-refractivity contribution is 14.1. The summed E-state index contributed by atoms with van der Waals surface area (Å²) in [5.41, 5.74) is -1.16. The average Bonchev–Trinajstić information content (AvgIpc) is 3.27. The third kappa shape index (κ3) is 5.61. The number of carbonyl (C=O) groups is 4.